The summed E-state index contributed by atoms with van der Waals surface area (Å²) in [6.07, 6.45) is 7.59. The highest BCUT2D eigenvalue weighted by atomic mass is 16.3. The fourth-order valence-electron chi connectivity index (χ4n) is 4.08. The van der Waals surface area contributed by atoms with Gasteiger partial charge in [0.1, 0.15) is 11.4 Å². The number of carbonyl (C=O) groups excluding carboxylic acids is 1. The van der Waals surface area contributed by atoms with Crippen LogP contribution in [0.2, 0.25) is 0 Å². The van der Waals surface area contributed by atoms with E-state index in [1.165, 1.54) is 0 Å². The van der Waals surface area contributed by atoms with Crippen LogP contribution in [-0.2, 0) is 11.2 Å². The van der Waals surface area contributed by atoms with Crippen LogP contribution in [-0.4, -0.2) is 27.3 Å². The van der Waals surface area contributed by atoms with Crippen molar-refractivity contribution in [2.45, 2.75) is 25.3 Å². The summed E-state index contributed by atoms with van der Waals surface area (Å²) < 4.78 is 5.73. The summed E-state index contributed by atoms with van der Waals surface area (Å²) in [6.45, 7) is 0.779. The normalized spacial score (nSPS) is 17.4. The smallest absolute Gasteiger partial charge is 0.227 e. The van der Waals surface area contributed by atoms with Gasteiger partial charge in [0.2, 0.25) is 5.91 Å². The van der Waals surface area contributed by atoms with E-state index in [9.17, 15) is 4.79 Å². The van der Waals surface area contributed by atoms with E-state index in [0.717, 1.165) is 52.5 Å². The molecule has 5 nitrogen and oxygen atoms in total. The molecule has 1 N–H and O–H groups in total. The third kappa shape index (κ3) is 2.39. The van der Waals surface area contributed by atoms with Crippen LogP contribution < -0.4 is 0 Å². The Balaban J connectivity index is 1.49. The first kappa shape index (κ1) is 15.2. The molecule has 1 aliphatic rings. The fraction of sp³-hybridized carbons (Fsp3) is 0.238. The third-order valence-corrected chi connectivity index (χ3v) is 5.29. The van der Waals surface area contributed by atoms with Gasteiger partial charge in [-0.15, -0.1) is 0 Å². The number of aromatic amines is 1. The molecule has 2 aromatic heterocycles. The van der Waals surface area contributed by atoms with Crippen molar-refractivity contribution < 1.29 is 9.21 Å². The molecule has 26 heavy (non-hydrogen) atoms. The zero-order chi connectivity index (χ0) is 17.5. The van der Waals surface area contributed by atoms with Crippen molar-refractivity contribution in [1.82, 2.24) is 14.9 Å². The Kier molecular flexibility index (Phi) is 3.52. The molecule has 0 radical (unpaired) electrons. The average Bonchev–Trinajstić information content (AvgIpc) is 3.41. The number of hydrogen-bond donors (Lipinski definition) is 1. The van der Waals surface area contributed by atoms with Gasteiger partial charge < -0.3 is 14.3 Å². The molecule has 130 valence electrons. The van der Waals surface area contributed by atoms with Gasteiger partial charge in [-0.2, -0.15) is 0 Å². The van der Waals surface area contributed by atoms with E-state index in [4.69, 9.17) is 4.42 Å². The van der Waals surface area contributed by atoms with Crippen molar-refractivity contribution in [2.75, 3.05) is 6.54 Å². The molecule has 0 saturated carbocycles. The van der Waals surface area contributed by atoms with Crippen LogP contribution in [0.25, 0.3) is 21.7 Å². The van der Waals surface area contributed by atoms with E-state index >= 15 is 0 Å². The number of imidazole rings is 1. The molecule has 1 saturated heterocycles. The Morgan fingerprint density at radius 2 is 2.19 bits per heavy atom. The SMILES string of the molecule is O=C(Cc1coc2ccc3ccccc3c12)N1CCCC1c1ncc[nH]1. The number of carbonyl (C=O) groups is 1. The van der Waals surface area contributed by atoms with Gasteiger partial charge in [0, 0.05) is 29.9 Å². The second kappa shape index (κ2) is 6.02. The number of H-pyrrole nitrogens is 1. The predicted octanol–water partition coefficient (Wildman–Crippen LogP) is 4.22. The molecule has 5 heteroatoms. The maximum atomic E-state index is 13.0. The van der Waals surface area contributed by atoms with Gasteiger partial charge in [0.05, 0.1) is 18.7 Å². The first-order valence-electron chi connectivity index (χ1n) is 8.98. The lowest BCUT2D eigenvalue weighted by Gasteiger charge is -2.23. The second-order valence-electron chi connectivity index (χ2n) is 6.82. The van der Waals surface area contributed by atoms with E-state index in [2.05, 4.69) is 28.2 Å². The molecular formula is C21H19N3O2. The predicted molar refractivity (Wildman–Crippen MR) is 99.7 cm³/mol. The van der Waals surface area contributed by atoms with E-state index in [0.29, 0.717) is 6.42 Å². The van der Waals surface area contributed by atoms with E-state index in [-0.39, 0.29) is 11.9 Å². The van der Waals surface area contributed by atoms with Crippen molar-refractivity contribution in [2.24, 2.45) is 0 Å². The molecule has 1 aliphatic heterocycles. The average molecular weight is 345 g/mol. The molecule has 3 heterocycles. The summed E-state index contributed by atoms with van der Waals surface area (Å²) in [5.41, 5.74) is 1.78. The van der Waals surface area contributed by atoms with Crippen LogP contribution in [0.3, 0.4) is 0 Å². The third-order valence-electron chi connectivity index (χ3n) is 5.29. The Hall–Kier alpha value is -3.08. The largest absolute Gasteiger partial charge is 0.464 e. The molecule has 0 bridgehead atoms. The standard InChI is InChI=1S/C21H19N3O2/c25-19(24-11-3-6-17(24)21-22-9-10-23-21)12-15-13-26-18-8-7-14-4-1-2-5-16(14)20(15)18/h1-2,4-5,7-10,13,17H,3,6,11-12H2,(H,22,23). The molecule has 1 atom stereocenters. The van der Waals surface area contributed by atoms with Crippen LogP contribution in [0, 0.1) is 0 Å². The van der Waals surface area contributed by atoms with Crippen LogP contribution in [0.15, 0.2) is 59.5 Å². The van der Waals surface area contributed by atoms with Crippen molar-refractivity contribution in [1.29, 1.82) is 0 Å². The molecule has 0 spiro atoms. The number of benzene rings is 2. The quantitative estimate of drug-likeness (QED) is 0.605. The van der Waals surface area contributed by atoms with E-state index in [1.54, 1.807) is 12.5 Å². The minimum absolute atomic E-state index is 0.0485. The van der Waals surface area contributed by atoms with Gasteiger partial charge in [-0.05, 0) is 29.7 Å². The summed E-state index contributed by atoms with van der Waals surface area (Å²) in [5, 5.41) is 3.33. The first-order valence-corrected chi connectivity index (χ1v) is 8.98. The summed E-state index contributed by atoms with van der Waals surface area (Å²) >= 11 is 0. The Labute approximate surface area is 150 Å². The molecule has 1 amide bonds. The van der Waals surface area contributed by atoms with E-state index < -0.39 is 0 Å². The summed E-state index contributed by atoms with van der Waals surface area (Å²) in [4.78, 5) is 22.5. The number of rotatable bonds is 3. The Bertz CT molecular complexity index is 1080. The second-order valence-corrected chi connectivity index (χ2v) is 6.82. The summed E-state index contributed by atoms with van der Waals surface area (Å²) in [5.74, 6) is 0.998. The Morgan fingerprint density at radius 1 is 1.27 bits per heavy atom. The van der Waals surface area contributed by atoms with Crippen LogP contribution >= 0.6 is 0 Å². The van der Waals surface area contributed by atoms with Gasteiger partial charge in [-0.1, -0.05) is 30.3 Å². The number of nitrogens with one attached hydrogen (secondary N) is 1. The zero-order valence-corrected chi connectivity index (χ0v) is 14.3. The molecule has 1 unspecified atom stereocenters. The number of likely N-dealkylation sites (tertiary alicyclic amines) is 1. The van der Waals surface area contributed by atoms with Crippen molar-refractivity contribution >= 4 is 27.6 Å². The zero-order valence-electron chi connectivity index (χ0n) is 14.3. The fourth-order valence-corrected chi connectivity index (χ4v) is 4.08. The maximum absolute atomic E-state index is 13.0. The highest BCUT2D eigenvalue weighted by molar-refractivity contribution is 6.08. The molecule has 4 aromatic rings. The monoisotopic (exact) mass is 345 g/mol. The number of nitrogens with zero attached hydrogens (tertiary/aromatic N) is 2. The summed E-state index contributed by atoms with van der Waals surface area (Å²) in [7, 11) is 0. The lowest BCUT2D eigenvalue weighted by molar-refractivity contribution is -0.131. The van der Waals surface area contributed by atoms with Crippen LogP contribution in [0.4, 0.5) is 0 Å². The minimum atomic E-state index is 0.0485. The van der Waals surface area contributed by atoms with Crippen molar-refractivity contribution in [3.8, 4) is 0 Å². The van der Waals surface area contributed by atoms with Gasteiger partial charge in [-0.25, -0.2) is 4.98 Å². The van der Waals surface area contributed by atoms with Crippen LogP contribution in [0.1, 0.15) is 30.3 Å². The number of amides is 1. The van der Waals surface area contributed by atoms with E-state index in [1.807, 2.05) is 29.3 Å². The van der Waals surface area contributed by atoms with Gasteiger partial charge in [0.15, 0.2) is 0 Å². The van der Waals surface area contributed by atoms with Gasteiger partial charge >= 0.3 is 0 Å². The highest BCUT2D eigenvalue weighted by Gasteiger charge is 2.31. The number of furan rings is 1. The molecule has 5 rings (SSSR count). The topological polar surface area (TPSA) is 62.1 Å². The maximum Gasteiger partial charge on any atom is 0.227 e. The lowest BCUT2D eigenvalue weighted by Crippen LogP contribution is -2.32. The number of fused-ring (bicyclic) bond motifs is 3. The molecule has 2 aromatic carbocycles. The summed E-state index contributed by atoms with van der Waals surface area (Å²) in [6, 6.07) is 12.3. The molecular weight excluding hydrogens is 326 g/mol. The minimum Gasteiger partial charge on any atom is -0.464 e. The highest BCUT2D eigenvalue weighted by Crippen LogP contribution is 2.33. The van der Waals surface area contributed by atoms with Crippen LogP contribution in [0.5, 0.6) is 0 Å². The molecule has 1 fully saturated rings. The van der Waals surface area contributed by atoms with Crippen molar-refractivity contribution in [3.05, 3.63) is 66.4 Å². The lowest BCUT2D eigenvalue weighted by atomic mass is 10.0. The number of hydrogen-bond acceptors (Lipinski definition) is 3. The molecule has 0 aliphatic carbocycles. The van der Waals surface area contributed by atoms with Gasteiger partial charge in [0.25, 0.3) is 0 Å². The van der Waals surface area contributed by atoms with Crippen molar-refractivity contribution in [3.63, 3.8) is 0 Å². The number of aromatic nitrogens is 2. The van der Waals surface area contributed by atoms with Gasteiger partial charge in [-0.3, -0.25) is 4.79 Å². The Morgan fingerprint density at radius 3 is 3.08 bits per heavy atom. The first-order chi connectivity index (χ1) is 12.8.